The average Bonchev–Trinajstić information content (AvgIpc) is 3.19. The fourth-order valence-corrected chi connectivity index (χ4v) is 5.60. The molecule has 0 N–H and O–H groups in total. The van der Waals surface area contributed by atoms with Crippen LogP contribution in [0.25, 0.3) is 6.08 Å². The highest BCUT2D eigenvalue weighted by Crippen LogP contribution is 2.34. The monoisotopic (exact) mass is 456 g/mol. The first kappa shape index (κ1) is 18.4. The molecule has 1 aliphatic heterocycles. The number of carbonyl (C=O) groups is 1. The van der Waals surface area contributed by atoms with Gasteiger partial charge in [-0.25, -0.2) is 0 Å². The third kappa shape index (κ3) is 4.05. The summed E-state index contributed by atoms with van der Waals surface area (Å²) in [5.74, 6) is -0.240. The van der Waals surface area contributed by atoms with E-state index in [1.807, 2.05) is 24.3 Å². The number of carbonyl (C=O) groups excluding carboxylic acids is 1. The maximum atomic E-state index is 12.5. The number of hydrogen-bond acceptors (Lipinski definition) is 5. The Kier molecular flexibility index (Phi) is 5.47. The van der Waals surface area contributed by atoms with Crippen LogP contribution in [-0.2, 0) is 14.8 Å². The lowest BCUT2D eigenvalue weighted by Crippen LogP contribution is -2.29. The molecule has 130 valence electrons. The predicted molar refractivity (Wildman–Crippen MR) is 106 cm³/mol. The van der Waals surface area contributed by atoms with Gasteiger partial charge in [0, 0.05) is 11.0 Å². The van der Waals surface area contributed by atoms with Gasteiger partial charge in [-0.05, 0) is 53.9 Å². The zero-order valence-electron chi connectivity index (χ0n) is 13.0. The molecule has 0 atom stereocenters. The molecule has 0 saturated carbocycles. The summed E-state index contributed by atoms with van der Waals surface area (Å²) in [7, 11) is -3.81. The van der Waals surface area contributed by atoms with E-state index in [9.17, 15) is 13.2 Å². The van der Waals surface area contributed by atoms with Crippen molar-refractivity contribution in [3.63, 3.8) is 0 Å². The zero-order valence-corrected chi connectivity index (χ0v) is 17.1. The highest BCUT2D eigenvalue weighted by Gasteiger charge is 2.34. The molecule has 2 aromatic rings. The predicted octanol–water partition coefficient (Wildman–Crippen LogP) is 4.19. The minimum atomic E-state index is -3.81. The number of nitrogens with zero attached hydrogens (tertiary/aromatic N) is 2. The summed E-state index contributed by atoms with van der Waals surface area (Å²) in [6, 6.07) is 10.7. The Labute approximate surface area is 162 Å². The second-order valence-corrected chi connectivity index (χ2v) is 9.70. The van der Waals surface area contributed by atoms with E-state index < -0.39 is 10.0 Å². The maximum Gasteiger partial charge on any atom is 0.294 e. The van der Waals surface area contributed by atoms with Crippen LogP contribution in [0.15, 0.2) is 59.8 Å². The van der Waals surface area contributed by atoms with E-state index in [1.54, 1.807) is 24.4 Å². The summed E-state index contributed by atoms with van der Waals surface area (Å²) in [5, 5.41) is 1.86. The first-order valence-corrected chi connectivity index (χ1v) is 11.2. The third-order valence-corrected chi connectivity index (χ3v) is 7.61. The highest BCUT2D eigenvalue weighted by atomic mass is 79.9. The van der Waals surface area contributed by atoms with Crippen LogP contribution in [-0.4, -0.2) is 30.9 Å². The van der Waals surface area contributed by atoms with Crippen LogP contribution in [0.3, 0.4) is 0 Å². The SMILES string of the molecule is CCN1C(=O)C(=Cc2ccc(Br)cc2)SC1=NS(=O)(=O)c1cccs1. The van der Waals surface area contributed by atoms with Crippen LogP contribution in [0.2, 0.25) is 0 Å². The first-order chi connectivity index (χ1) is 11.9. The van der Waals surface area contributed by atoms with Crippen molar-refractivity contribution in [2.75, 3.05) is 6.54 Å². The molecule has 1 saturated heterocycles. The molecule has 2 heterocycles. The quantitative estimate of drug-likeness (QED) is 0.646. The maximum absolute atomic E-state index is 12.5. The molecule has 0 spiro atoms. The van der Waals surface area contributed by atoms with Crippen molar-refractivity contribution in [1.29, 1.82) is 0 Å². The molecule has 1 amide bonds. The molecule has 1 fully saturated rings. The zero-order chi connectivity index (χ0) is 18.0. The van der Waals surface area contributed by atoms with Crippen LogP contribution >= 0.6 is 39.0 Å². The van der Waals surface area contributed by atoms with E-state index in [-0.39, 0.29) is 15.3 Å². The Hall–Kier alpha value is -1.42. The lowest BCUT2D eigenvalue weighted by molar-refractivity contribution is -0.122. The second kappa shape index (κ2) is 7.45. The molecule has 9 heteroatoms. The number of benzene rings is 1. The van der Waals surface area contributed by atoms with E-state index in [4.69, 9.17) is 0 Å². The fourth-order valence-electron chi connectivity index (χ4n) is 2.12. The average molecular weight is 457 g/mol. The molecular weight excluding hydrogens is 444 g/mol. The number of hydrogen-bond donors (Lipinski definition) is 0. The standard InChI is InChI=1S/C16H13BrN2O3S3/c1-2-19-15(20)13(10-11-5-7-12(17)8-6-11)24-16(19)18-25(21,22)14-4-3-9-23-14/h3-10H,2H2,1H3. The van der Waals surface area contributed by atoms with Gasteiger partial charge < -0.3 is 0 Å². The van der Waals surface area contributed by atoms with Crippen LogP contribution in [0.1, 0.15) is 12.5 Å². The topological polar surface area (TPSA) is 66.8 Å². The number of amidine groups is 1. The van der Waals surface area contributed by atoms with Crippen molar-refractivity contribution >= 4 is 66.2 Å². The van der Waals surface area contributed by atoms with E-state index in [0.717, 1.165) is 33.1 Å². The van der Waals surface area contributed by atoms with Gasteiger partial charge in [0.25, 0.3) is 15.9 Å². The van der Waals surface area contributed by atoms with Crippen molar-refractivity contribution in [1.82, 2.24) is 4.90 Å². The molecular formula is C16H13BrN2O3S3. The molecule has 0 bridgehead atoms. The number of halogens is 1. The molecule has 1 aromatic carbocycles. The van der Waals surface area contributed by atoms with Crippen molar-refractivity contribution in [3.8, 4) is 0 Å². The summed E-state index contributed by atoms with van der Waals surface area (Å²) in [6.07, 6.45) is 1.74. The van der Waals surface area contributed by atoms with Gasteiger partial charge in [-0.3, -0.25) is 9.69 Å². The molecule has 25 heavy (non-hydrogen) atoms. The first-order valence-electron chi connectivity index (χ1n) is 7.26. The largest absolute Gasteiger partial charge is 0.294 e. The van der Waals surface area contributed by atoms with Crippen molar-refractivity contribution < 1.29 is 13.2 Å². The fraction of sp³-hybridized carbons (Fsp3) is 0.125. The molecule has 0 aliphatic carbocycles. The molecule has 3 rings (SSSR count). The van der Waals surface area contributed by atoms with Gasteiger partial charge in [-0.15, -0.1) is 15.7 Å². The summed E-state index contributed by atoms with van der Waals surface area (Å²) in [4.78, 5) is 14.4. The Morgan fingerprint density at radius 2 is 1.96 bits per heavy atom. The highest BCUT2D eigenvalue weighted by molar-refractivity contribution is 9.10. The number of sulfonamides is 1. The van der Waals surface area contributed by atoms with Gasteiger partial charge in [0.15, 0.2) is 5.17 Å². The van der Waals surface area contributed by atoms with Crippen molar-refractivity contribution in [2.45, 2.75) is 11.1 Å². The van der Waals surface area contributed by atoms with Gasteiger partial charge >= 0.3 is 0 Å². The van der Waals surface area contributed by atoms with E-state index in [2.05, 4.69) is 20.3 Å². The van der Waals surface area contributed by atoms with Crippen LogP contribution < -0.4 is 0 Å². The van der Waals surface area contributed by atoms with E-state index in [0.29, 0.717) is 11.4 Å². The van der Waals surface area contributed by atoms with Gasteiger partial charge in [-0.2, -0.15) is 8.42 Å². The van der Waals surface area contributed by atoms with Crippen molar-refractivity contribution in [3.05, 3.63) is 56.7 Å². The number of likely N-dealkylation sites (N-methyl/N-ethyl adjacent to an activating group) is 1. The lowest BCUT2D eigenvalue weighted by atomic mass is 10.2. The summed E-state index contributed by atoms with van der Waals surface area (Å²) in [5.41, 5.74) is 0.859. The normalized spacial score (nSPS) is 18.5. The smallest absolute Gasteiger partial charge is 0.286 e. The van der Waals surface area contributed by atoms with Gasteiger partial charge in [-0.1, -0.05) is 34.1 Å². The van der Waals surface area contributed by atoms with E-state index in [1.165, 1.54) is 11.0 Å². The molecule has 5 nitrogen and oxygen atoms in total. The summed E-state index contributed by atoms with van der Waals surface area (Å²) < 4.78 is 29.7. The Bertz CT molecular complexity index is 949. The Morgan fingerprint density at radius 3 is 2.56 bits per heavy atom. The minimum absolute atomic E-state index is 0.162. The molecule has 0 unspecified atom stereocenters. The third-order valence-electron chi connectivity index (χ3n) is 3.32. The molecule has 1 aromatic heterocycles. The van der Waals surface area contributed by atoms with Gasteiger partial charge in [0.2, 0.25) is 0 Å². The van der Waals surface area contributed by atoms with Gasteiger partial charge in [0.1, 0.15) is 4.21 Å². The van der Waals surface area contributed by atoms with Gasteiger partial charge in [0.05, 0.1) is 4.91 Å². The second-order valence-electron chi connectivity index (χ2n) is 4.99. The van der Waals surface area contributed by atoms with Crippen LogP contribution in [0, 0.1) is 0 Å². The van der Waals surface area contributed by atoms with Crippen LogP contribution in [0.4, 0.5) is 0 Å². The minimum Gasteiger partial charge on any atom is -0.286 e. The molecule has 1 aliphatic rings. The summed E-state index contributed by atoms with van der Waals surface area (Å²) >= 11 is 5.54. The van der Waals surface area contributed by atoms with Crippen LogP contribution in [0.5, 0.6) is 0 Å². The number of amides is 1. The van der Waals surface area contributed by atoms with E-state index >= 15 is 0 Å². The summed E-state index contributed by atoms with van der Waals surface area (Å²) in [6.45, 7) is 2.14. The number of thioether (sulfide) groups is 1. The Morgan fingerprint density at radius 1 is 1.24 bits per heavy atom. The Balaban J connectivity index is 1.95. The number of rotatable bonds is 4. The van der Waals surface area contributed by atoms with Crippen molar-refractivity contribution in [2.24, 2.45) is 4.40 Å². The lowest BCUT2D eigenvalue weighted by Gasteiger charge is -2.11. The molecule has 0 radical (unpaired) electrons. The number of thiophene rings is 1.